The van der Waals surface area contributed by atoms with Gasteiger partial charge in [0.05, 0.1) is 0 Å². The van der Waals surface area contributed by atoms with Crippen LogP contribution in [0.15, 0.2) is 59.7 Å². The van der Waals surface area contributed by atoms with Crippen LogP contribution in [0.3, 0.4) is 0 Å². The van der Waals surface area contributed by atoms with E-state index in [1.54, 1.807) is 0 Å². The first-order chi connectivity index (χ1) is 12.1. The van der Waals surface area contributed by atoms with Gasteiger partial charge in [0.25, 0.3) is 0 Å². The van der Waals surface area contributed by atoms with Crippen molar-refractivity contribution in [2.75, 3.05) is 13.1 Å². The molecule has 0 bridgehead atoms. The van der Waals surface area contributed by atoms with Crippen LogP contribution in [0.2, 0.25) is 10.0 Å². The normalized spacial score (nSPS) is 25.8. The van der Waals surface area contributed by atoms with Crippen molar-refractivity contribution in [3.05, 3.63) is 80.8 Å². The molecule has 0 unspecified atom stereocenters. The number of hydrogen-bond acceptors (Lipinski definition) is 2. The number of carbonyl (C=O) groups excluding carboxylic acids is 1. The lowest BCUT2D eigenvalue weighted by Crippen LogP contribution is -2.45. The van der Waals surface area contributed by atoms with Gasteiger partial charge in [-0.2, -0.15) is 0 Å². The maximum Gasteiger partial charge on any atom is 0.186 e. The van der Waals surface area contributed by atoms with Crippen molar-refractivity contribution < 1.29 is 4.79 Å². The first-order valence-corrected chi connectivity index (χ1v) is 9.05. The molecule has 0 amide bonds. The van der Waals surface area contributed by atoms with Gasteiger partial charge in [-0.25, -0.2) is 0 Å². The molecule has 1 saturated carbocycles. The van der Waals surface area contributed by atoms with Gasteiger partial charge in [0.15, 0.2) is 5.78 Å². The summed E-state index contributed by atoms with van der Waals surface area (Å²) >= 11 is 11.9. The minimum Gasteiger partial charge on any atom is -0.315 e. The van der Waals surface area contributed by atoms with Crippen molar-refractivity contribution in [1.29, 1.82) is 0 Å². The summed E-state index contributed by atoms with van der Waals surface area (Å²) < 4.78 is 0. The number of ketones is 1. The van der Waals surface area contributed by atoms with Crippen LogP contribution in [-0.2, 0) is 4.79 Å². The molecule has 1 aliphatic carbocycles. The van der Waals surface area contributed by atoms with Crippen molar-refractivity contribution in [2.24, 2.45) is 5.41 Å². The van der Waals surface area contributed by atoms with Gasteiger partial charge < -0.3 is 5.32 Å². The van der Waals surface area contributed by atoms with Crippen molar-refractivity contribution in [2.45, 2.75) is 6.42 Å². The number of halogens is 2. The quantitative estimate of drug-likeness (QED) is 0.752. The lowest BCUT2D eigenvalue weighted by Gasteiger charge is -2.42. The number of rotatable bonds is 2. The van der Waals surface area contributed by atoms with E-state index in [0.29, 0.717) is 10.0 Å². The lowest BCUT2D eigenvalue weighted by atomic mass is 9.58. The fourth-order valence-corrected chi connectivity index (χ4v) is 3.92. The molecule has 2 nitrogen and oxygen atoms in total. The molecular formula is C21H17Cl2NO. The average Bonchev–Trinajstić information content (AvgIpc) is 3.12. The fourth-order valence-electron chi connectivity index (χ4n) is 3.67. The topological polar surface area (TPSA) is 29.1 Å². The third-order valence-electron chi connectivity index (χ3n) is 5.04. The zero-order valence-corrected chi connectivity index (χ0v) is 15.1. The second-order valence-corrected chi connectivity index (χ2v) is 7.43. The van der Waals surface area contributed by atoms with Gasteiger partial charge in [0, 0.05) is 33.2 Å². The Bertz CT molecular complexity index is 806. The molecule has 0 atom stereocenters. The Morgan fingerprint density at radius 1 is 0.840 bits per heavy atom. The van der Waals surface area contributed by atoms with Crippen LogP contribution in [0.5, 0.6) is 0 Å². The van der Waals surface area contributed by atoms with Crippen LogP contribution < -0.4 is 5.32 Å². The molecule has 0 radical (unpaired) electrons. The van der Waals surface area contributed by atoms with Gasteiger partial charge in [-0.1, -0.05) is 47.5 Å². The van der Waals surface area contributed by atoms with Crippen LogP contribution in [0.1, 0.15) is 17.5 Å². The van der Waals surface area contributed by atoms with Crippen molar-refractivity contribution in [3.63, 3.8) is 0 Å². The molecule has 1 saturated heterocycles. The van der Waals surface area contributed by atoms with E-state index >= 15 is 0 Å². The highest BCUT2D eigenvalue weighted by Gasteiger charge is 2.54. The van der Waals surface area contributed by atoms with E-state index in [0.717, 1.165) is 41.8 Å². The maximum atomic E-state index is 12.8. The first kappa shape index (κ1) is 16.6. The van der Waals surface area contributed by atoms with Gasteiger partial charge in [0.1, 0.15) is 0 Å². The molecule has 1 N–H and O–H groups in total. The van der Waals surface area contributed by atoms with E-state index in [1.807, 2.05) is 60.7 Å². The van der Waals surface area contributed by atoms with Crippen molar-refractivity contribution >= 4 is 41.1 Å². The van der Waals surface area contributed by atoms with Gasteiger partial charge in [0.2, 0.25) is 0 Å². The number of nitrogens with one attached hydrogen (secondary N) is 1. The highest BCUT2D eigenvalue weighted by Crippen LogP contribution is 2.53. The lowest BCUT2D eigenvalue weighted by molar-refractivity contribution is -0.117. The van der Waals surface area contributed by atoms with Crippen LogP contribution in [0.25, 0.3) is 12.2 Å². The van der Waals surface area contributed by atoms with Crippen molar-refractivity contribution in [3.8, 4) is 0 Å². The zero-order valence-electron chi connectivity index (χ0n) is 13.6. The Kier molecular flexibility index (Phi) is 4.28. The van der Waals surface area contributed by atoms with E-state index in [-0.39, 0.29) is 11.2 Å². The number of Topliss-reactive ketones (excluding diaryl/α,β-unsaturated/α-hetero) is 1. The van der Waals surface area contributed by atoms with Crippen LogP contribution in [0.4, 0.5) is 0 Å². The maximum absolute atomic E-state index is 12.8. The molecule has 2 fully saturated rings. The minimum atomic E-state index is -0.184. The fraction of sp³-hybridized carbons (Fsp3) is 0.190. The molecule has 1 spiro atoms. The third kappa shape index (κ3) is 2.95. The largest absolute Gasteiger partial charge is 0.315 e. The molecule has 1 aliphatic heterocycles. The molecule has 2 aromatic carbocycles. The van der Waals surface area contributed by atoms with E-state index < -0.39 is 0 Å². The summed E-state index contributed by atoms with van der Waals surface area (Å²) in [7, 11) is 0. The molecule has 2 aromatic rings. The van der Waals surface area contributed by atoms with E-state index in [9.17, 15) is 4.79 Å². The predicted octanol–water partition coefficient (Wildman–Crippen LogP) is 5.02. The zero-order chi connectivity index (χ0) is 17.4. The Labute approximate surface area is 157 Å². The van der Waals surface area contributed by atoms with E-state index in [4.69, 9.17) is 23.2 Å². The number of carbonyl (C=O) groups is 1. The highest BCUT2D eigenvalue weighted by molar-refractivity contribution is 6.31. The summed E-state index contributed by atoms with van der Waals surface area (Å²) in [6.07, 6.45) is 4.95. The van der Waals surface area contributed by atoms with Gasteiger partial charge in [-0.3, -0.25) is 4.79 Å². The van der Waals surface area contributed by atoms with E-state index in [2.05, 4.69) is 5.32 Å². The van der Waals surface area contributed by atoms with Crippen LogP contribution >= 0.6 is 23.2 Å². The summed E-state index contributed by atoms with van der Waals surface area (Å²) in [4.78, 5) is 12.8. The van der Waals surface area contributed by atoms with E-state index in [1.165, 1.54) is 0 Å². The molecule has 4 rings (SSSR count). The predicted molar refractivity (Wildman–Crippen MR) is 104 cm³/mol. The summed E-state index contributed by atoms with van der Waals surface area (Å²) in [6, 6.07) is 15.2. The molecule has 2 aliphatic rings. The van der Waals surface area contributed by atoms with Crippen LogP contribution in [0, 0.1) is 5.41 Å². The Morgan fingerprint density at radius 3 is 1.72 bits per heavy atom. The molecule has 25 heavy (non-hydrogen) atoms. The summed E-state index contributed by atoms with van der Waals surface area (Å²) in [5, 5.41) is 4.80. The van der Waals surface area contributed by atoms with Gasteiger partial charge in [-0.15, -0.1) is 0 Å². The minimum absolute atomic E-state index is 0.133. The number of benzene rings is 2. The number of hydrogen-bond donors (Lipinski definition) is 1. The Morgan fingerprint density at radius 2 is 1.32 bits per heavy atom. The second kappa shape index (κ2) is 6.45. The molecule has 4 heteroatoms. The van der Waals surface area contributed by atoms with Gasteiger partial charge >= 0.3 is 0 Å². The molecule has 1 heterocycles. The first-order valence-electron chi connectivity index (χ1n) is 8.29. The average molecular weight is 370 g/mol. The highest BCUT2D eigenvalue weighted by atomic mass is 35.5. The molecule has 126 valence electrons. The summed E-state index contributed by atoms with van der Waals surface area (Å²) in [5.74, 6) is 0.133. The smallest absolute Gasteiger partial charge is 0.186 e. The third-order valence-corrected chi connectivity index (χ3v) is 5.54. The molecular weight excluding hydrogens is 353 g/mol. The van der Waals surface area contributed by atoms with Gasteiger partial charge in [-0.05, 0) is 60.5 Å². The summed E-state index contributed by atoms with van der Waals surface area (Å²) in [5.41, 5.74) is 3.60. The standard InChI is InChI=1S/C21H17Cl2NO/c22-16-5-1-14(2-6-16)11-18-20(25)19(21(18)9-10-24-13-21)12-15-3-7-17(23)8-4-15/h1-8,11-12,24H,9-10,13H2/b18-11-,19-12-. The monoisotopic (exact) mass is 369 g/mol. The Balaban J connectivity index is 1.72. The second-order valence-electron chi connectivity index (χ2n) is 6.56. The SMILES string of the molecule is O=C1/C(=C/c2ccc(Cl)cc2)C2(CCNC2)/C1=C\c1ccc(Cl)cc1. The van der Waals surface area contributed by atoms with Crippen molar-refractivity contribution in [1.82, 2.24) is 5.32 Å². The summed E-state index contributed by atoms with van der Waals surface area (Å²) in [6.45, 7) is 1.72. The van der Waals surface area contributed by atoms with Crippen LogP contribution in [-0.4, -0.2) is 18.9 Å². The Hall–Kier alpha value is -1.87. The molecule has 0 aromatic heterocycles.